The number of benzene rings is 1. The first kappa shape index (κ1) is 16.0. The summed E-state index contributed by atoms with van der Waals surface area (Å²) in [6, 6.07) is 13.9. The van der Waals surface area contributed by atoms with Crippen LogP contribution in [0.3, 0.4) is 0 Å². The maximum absolute atomic E-state index is 8.14. The molecule has 4 nitrogen and oxygen atoms in total. The minimum Gasteiger partial charge on any atom is -0.497 e. The predicted octanol–water partition coefficient (Wildman–Crippen LogP) is 4.11. The lowest BCUT2D eigenvalue weighted by Gasteiger charge is -2.14. The monoisotopic (exact) mass is 297 g/mol. The molecule has 0 amide bonds. The van der Waals surface area contributed by atoms with E-state index in [-0.39, 0.29) is 0 Å². The van der Waals surface area contributed by atoms with Gasteiger partial charge < -0.3 is 15.5 Å². The highest BCUT2D eigenvalue weighted by molar-refractivity contribution is 5.82. The molecule has 0 fully saturated rings. The summed E-state index contributed by atoms with van der Waals surface area (Å²) in [5.74, 6) is 2.04. The Balaban J connectivity index is 1.78. The van der Waals surface area contributed by atoms with Gasteiger partial charge in [-0.05, 0) is 42.2 Å². The number of nitrogens with zero attached hydrogens (tertiary/aromatic N) is 1. The normalized spacial score (nSPS) is 11.7. The molecule has 1 aromatic carbocycles. The van der Waals surface area contributed by atoms with E-state index in [1.165, 1.54) is 5.56 Å². The summed E-state index contributed by atoms with van der Waals surface area (Å²) in [6.45, 7) is 2.89. The number of hydrogen-bond donors (Lipinski definition) is 2. The molecular weight excluding hydrogens is 274 g/mol. The number of ether oxygens (including phenoxy) is 1. The van der Waals surface area contributed by atoms with E-state index in [4.69, 9.17) is 10.1 Å². The van der Waals surface area contributed by atoms with Crippen LogP contribution in [0.1, 0.15) is 31.2 Å². The lowest BCUT2D eigenvalue weighted by molar-refractivity contribution is 0.414. The number of anilines is 1. The molecular formula is C18H23N3O. The molecule has 0 saturated carbocycles. The summed E-state index contributed by atoms with van der Waals surface area (Å²) in [4.78, 5) is 4.21. The summed E-state index contributed by atoms with van der Waals surface area (Å²) in [5, 5.41) is 11.4. The van der Waals surface area contributed by atoms with E-state index in [2.05, 4.69) is 23.3 Å². The molecule has 0 aliphatic rings. The van der Waals surface area contributed by atoms with Crippen molar-refractivity contribution in [2.75, 3.05) is 19.0 Å². The molecule has 0 saturated heterocycles. The van der Waals surface area contributed by atoms with Crippen LogP contribution in [0.2, 0.25) is 0 Å². The van der Waals surface area contributed by atoms with Crippen LogP contribution >= 0.6 is 0 Å². The molecule has 1 atom stereocenters. The Labute approximate surface area is 132 Å². The van der Waals surface area contributed by atoms with Crippen LogP contribution in [0.4, 0.5) is 5.82 Å². The van der Waals surface area contributed by atoms with E-state index in [9.17, 15) is 0 Å². The number of hydrogen-bond acceptors (Lipinski definition) is 4. The van der Waals surface area contributed by atoms with Crippen molar-refractivity contribution in [3.05, 3.63) is 54.2 Å². The van der Waals surface area contributed by atoms with Crippen molar-refractivity contribution in [2.45, 2.75) is 25.7 Å². The van der Waals surface area contributed by atoms with Crippen molar-refractivity contribution < 1.29 is 4.74 Å². The SMILES string of the molecule is COc1cccc(C(C)CC(=N)CCNc2ccccn2)c1. The van der Waals surface area contributed by atoms with Gasteiger partial charge >= 0.3 is 0 Å². The summed E-state index contributed by atoms with van der Waals surface area (Å²) < 4.78 is 5.25. The van der Waals surface area contributed by atoms with Crippen LogP contribution in [-0.2, 0) is 0 Å². The highest BCUT2D eigenvalue weighted by Crippen LogP contribution is 2.23. The number of aromatic nitrogens is 1. The second kappa shape index (κ2) is 8.17. The zero-order valence-corrected chi connectivity index (χ0v) is 13.2. The van der Waals surface area contributed by atoms with Gasteiger partial charge in [0.25, 0.3) is 0 Å². The van der Waals surface area contributed by atoms with Gasteiger partial charge in [0.05, 0.1) is 7.11 Å². The van der Waals surface area contributed by atoms with E-state index >= 15 is 0 Å². The molecule has 2 rings (SSSR count). The predicted molar refractivity (Wildman–Crippen MR) is 91.1 cm³/mol. The fraction of sp³-hybridized carbons (Fsp3) is 0.333. The third-order valence-corrected chi connectivity index (χ3v) is 3.61. The quantitative estimate of drug-likeness (QED) is 0.721. The van der Waals surface area contributed by atoms with Crippen LogP contribution in [0.25, 0.3) is 0 Å². The molecule has 1 heterocycles. The Kier molecular flexibility index (Phi) is 5.95. The molecule has 116 valence electrons. The second-order valence-electron chi connectivity index (χ2n) is 5.38. The van der Waals surface area contributed by atoms with Crippen LogP contribution in [0.15, 0.2) is 48.7 Å². The highest BCUT2D eigenvalue weighted by Gasteiger charge is 2.09. The molecule has 0 radical (unpaired) electrons. The first-order valence-corrected chi connectivity index (χ1v) is 7.54. The maximum Gasteiger partial charge on any atom is 0.125 e. The van der Waals surface area contributed by atoms with Crippen molar-refractivity contribution in [3.63, 3.8) is 0 Å². The van der Waals surface area contributed by atoms with Crippen LogP contribution < -0.4 is 10.1 Å². The lowest BCUT2D eigenvalue weighted by Crippen LogP contribution is -2.11. The maximum atomic E-state index is 8.14. The van der Waals surface area contributed by atoms with Crippen LogP contribution in [0, 0.1) is 5.41 Å². The smallest absolute Gasteiger partial charge is 0.125 e. The molecule has 1 aromatic heterocycles. The molecule has 0 bridgehead atoms. The van der Waals surface area contributed by atoms with Gasteiger partial charge in [-0.1, -0.05) is 25.1 Å². The van der Waals surface area contributed by atoms with Crippen molar-refractivity contribution >= 4 is 11.5 Å². The van der Waals surface area contributed by atoms with Crippen LogP contribution in [-0.4, -0.2) is 24.4 Å². The average Bonchev–Trinajstić information content (AvgIpc) is 2.56. The number of pyridine rings is 1. The summed E-state index contributed by atoms with van der Waals surface area (Å²) >= 11 is 0. The van der Waals surface area contributed by atoms with Gasteiger partial charge in [0.2, 0.25) is 0 Å². The number of nitrogens with one attached hydrogen (secondary N) is 2. The fourth-order valence-corrected chi connectivity index (χ4v) is 2.35. The van der Waals surface area contributed by atoms with Crippen LogP contribution in [0.5, 0.6) is 5.75 Å². The van der Waals surface area contributed by atoms with E-state index in [0.717, 1.165) is 36.7 Å². The van der Waals surface area contributed by atoms with Crippen molar-refractivity contribution in [2.24, 2.45) is 0 Å². The molecule has 0 spiro atoms. The third kappa shape index (κ3) is 4.88. The summed E-state index contributed by atoms with van der Waals surface area (Å²) in [6.07, 6.45) is 3.25. The zero-order valence-electron chi connectivity index (χ0n) is 13.2. The van der Waals surface area contributed by atoms with Gasteiger partial charge in [0, 0.05) is 24.9 Å². The minimum absolute atomic E-state index is 0.317. The Morgan fingerprint density at radius 2 is 2.14 bits per heavy atom. The largest absolute Gasteiger partial charge is 0.497 e. The lowest BCUT2D eigenvalue weighted by atomic mass is 9.94. The molecule has 2 aromatic rings. The van der Waals surface area contributed by atoms with Gasteiger partial charge in [-0.15, -0.1) is 0 Å². The van der Waals surface area contributed by atoms with Gasteiger partial charge in [-0.25, -0.2) is 4.98 Å². The summed E-state index contributed by atoms with van der Waals surface area (Å²) in [5.41, 5.74) is 1.96. The molecule has 0 aliphatic heterocycles. The van der Waals surface area contributed by atoms with E-state index in [1.54, 1.807) is 13.3 Å². The first-order valence-electron chi connectivity index (χ1n) is 7.54. The average molecular weight is 297 g/mol. The molecule has 1 unspecified atom stereocenters. The van der Waals surface area contributed by atoms with Gasteiger partial charge in [-0.3, -0.25) is 0 Å². The Morgan fingerprint density at radius 1 is 1.27 bits per heavy atom. The fourth-order valence-electron chi connectivity index (χ4n) is 2.35. The van der Waals surface area contributed by atoms with Gasteiger partial charge in [0.15, 0.2) is 0 Å². The number of rotatable bonds is 8. The van der Waals surface area contributed by atoms with Gasteiger partial charge in [0.1, 0.15) is 11.6 Å². The van der Waals surface area contributed by atoms with Crippen molar-refractivity contribution in [3.8, 4) is 5.75 Å². The molecule has 22 heavy (non-hydrogen) atoms. The Morgan fingerprint density at radius 3 is 2.86 bits per heavy atom. The Bertz CT molecular complexity index is 598. The highest BCUT2D eigenvalue weighted by atomic mass is 16.5. The van der Waals surface area contributed by atoms with E-state index in [1.807, 2.05) is 36.4 Å². The molecule has 0 aliphatic carbocycles. The topological polar surface area (TPSA) is 58.0 Å². The standard InChI is InChI=1S/C18H23N3O/c1-14(15-6-5-7-17(13-15)22-2)12-16(19)9-11-21-18-8-3-4-10-20-18/h3-8,10,13-14,19H,9,11-12H2,1-2H3,(H,20,21). The second-order valence-corrected chi connectivity index (χ2v) is 5.38. The van der Waals surface area contributed by atoms with E-state index < -0.39 is 0 Å². The third-order valence-electron chi connectivity index (χ3n) is 3.61. The van der Waals surface area contributed by atoms with Crippen molar-refractivity contribution in [1.82, 2.24) is 4.98 Å². The van der Waals surface area contributed by atoms with E-state index in [0.29, 0.717) is 5.92 Å². The zero-order chi connectivity index (χ0) is 15.8. The first-order chi connectivity index (χ1) is 10.7. The Hall–Kier alpha value is -2.36. The molecule has 4 heteroatoms. The van der Waals surface area contributed by atoms with Crippen molar-refractivity contribution in [1.29, 1.82) is 5.41 Å². The summed E-state index contributed by atoms with van der Waals surface area (Å²) in [7, 11) is 1.68. The van der Waals surface area contributed by atoms with Gasteiger partial charge in [-0.2, -0.15) is 0 Å². The number of methoxy groups -OCH3 is 1. The molecule has 2 N–H and O–H groups in total. The minimum atomic E-state index is 0.317.